The van der Waals surface area contributed by atoms with Crippen molar-refractivity contribution >= 4 is 34.9 Å². The zero-order chi connectivity index (χ0) is 23.1. The quantitative estimate of drug-likeness (QED) is 0.619. The van der Waals surface area contributed by atoms with Crippen molar-refractivity contribution in [1.82, 2.24) is 9.88 Å². The van der Waals surface area contributed by atoms with Gasteiger partial charge in [0.2, 0.25) is 5.91 Å². The van der Waals surface area contributed by atoms with Gasteiger partial charge in [-0.1, -0.05) is 29.6 Å². The van der Waals surface area contributed by atoms with Crippen molar-refractivity contribution in [3.63, 3.8) is 0 Å². The second-order valence-corrected chi connectivity index (χ2v) is 9.77. The minimum atomic E-state index is -2.81. The number of carbonyl (C=O) groups excluding carboxylic acids is 2. The number of hydrogen-bond acceptors (Lipinski definition) is 4. The summed E-state index contributed by atoms with van der Waals surface area (Å²) in [7, 11) is 0. The van der Waals surface area contributed by atoms with E-state index in [1.807, 2.05) is 6.92 Å². The lowest BCUT2D eigenvalue weighted by atomic mass is 9.61. The molecule has 1 unspecified atom stereocenters. The van der Waals surface area contributed by atoms with Gasteiger partial charge in [-0.25, -0.2) is 13.8 Å². The van der Waals surface area contributed by atoms with Crippen molar-refractivity contribution in [1.29, 1.82) is 0 Å². The number of alkyl halides is 2. The summed E-state index contributed by atoms with van der Waals surface area (Å²) in [5.74, 6) is -1.01. The largest absolute Gasteiger partial charge is 0.384 e. The predicted molar refractivity (Wildman–Crippen MR) is 115 cm³/mol. The molecule has 172 valence electrons. The summed E-state index contributed by atoms with van der Waals surface area (Å²) < 4.78 is 27.0. The molecule has 0 bridgehead atoms. The van der Waals surface area contributed by atoms with Gasteiger partial charge in [0.25, 0.3) is 6.43 Å². The zero-order valence-electron chi connectivity index (χ0n) is 17.9. The van der Waals surface area contributed by atoms with Gasteiger partial charge in [-0.05, 0) is 50.9 Å². The van der Waals surface area contributed by atoms with Crippen LogP contribution in [0.2, 0.25) is 10.0 Å². The molecule has 0 spiro atoms. The first-order valence-electron chi connectivity index (χ1n) is 10.6. The average Bonchev–Trinajstić information content (AvgIpc) is 2.70. The predicted octanol–water partition coefficient (Wildman–Crippen LogP) is 4.80. The maximum Gasteiger partial charge on any atom is 0.266 e. The molecule has 1 aromatic heterocycles. The number of aliphatic hydroxyl groups is 1. The second-order valence-electron chi connectivity index (χ2n) is 8.99. The molecular weight excluding hydrogens is 449 g/mol. The van der Waals surface area contributed by atoms with E-state index in [2.05, 4.69) is 4.98 Å². The maximum absolute atomic E-state index is 13.5. The van der Waals surface area contributed by atoms with E-state index in [1.54, 1.807) is 4.90 Å². The fourth-order valence-electron chi connectivity index (χ4n) is 5.44. The molecule has 1 saturated heterocycles. The van der Waals surface area contributed by atoms with E-state index in [9.17, 15) is 23.5 Å². The minimum absolute atomic E-state index is 0.0397. The summed E-state index contributed by atoms with van der Waals surface area (Å²) in [6.45, 7) is 4.92. The van der Waals surface area contributed by atoms with Crippen LogP contribution in [-0.2, 0) is 11.2 Å². The zero-order valence-corrected chi connectivity index (χ0v) is 19.4. The highest BCUT2D eigenvalue weighted by atomic mass is 35.5. The Morgan fingerprint density at radius 3 is 2.58 bits per heavy atom. The van der Waals surface area contributed by atoms with Crippen LogP contribution in [0.15, 0.2) is 6.20 Å². The molecule has 5 atom stereocenters. The Morgan fingerprint density at radius 1 is 1.29 bits per heavy atom. The Bertz CT molecular complexity index is 865. The van der Waals surface area contributed by atoms with E-state index in [0.29, 0.717) is 24.9 Å². The molecule has 31 heavy (non-hydrogen) atoms. The van der Waals surface area contributed by atoms with Crippen molar-refractivity contribution in [2.24, 2.45) is 17.8 Å². The number of amides is 1. The van der Waals surface area contributed by atoms with Crippen molar-refractivity contribution in [2.45, 2.75) is 70.9 Å². The molecule has 1 saturated carbocycles. The average molecular weight is 477 g/mol. The molecule has 5 nitrogen and oxygen atoms in total. The first-order chi connectivity index (χ1) is 14.5. The standard InChI is InChI=1S/C22H28Cl2F2N2O3/c1-11-13-5-4-6-16(22(3,31)21(25)26)14(13)7-8-28(11)18(30)9-15-17(23)10-27-20(12(2)29)19(15)24/h10-11,13-14,16,21,31H,4-9H2,1-3H3/t11-,13+,14+,16+,22?/m0/s1. The Labute approximate surface area is 191 Å². The number of nitrogens with zero attached hydrogens (tertiary/aromatic N) is 2. The van der Waals surface area contributed by atoms with E-state index in [-0.39, 0.29) is 51.7 Å². The number of halogens is 4. The molecule has 3 rings (SSSR count). The maximum atomic E-state index is 13.5. The lowest BCUT2D eigenvalue weighted by Gasteiger charge is -2.52. The van der Waals surface area contributed by atoms with Gasteiger partial charge in [-0.3, -0.25) is 9.59 Å². The molecule has 2 heterocycles. The van der Waals surface area contributed by atoms with Crippen molar-refractivity contribution in [2.75, 3.05) is 6.54 Å². The molecule has 1 N–H and O–H groups in total. The van der Waals surface area contributed by atoms with Crippen molar-refractivity contribution in [3.8, 4) is 0 Å². The number of fused-ring (bicyclic) bond motifs is 1. The van der Waals surface area contributed by atoms with Crippen LogP contribution in [0.1, 0.15) is 62.5 Å². The summed E-state index contributed by atoms with van der Waals surface area (Å²) in [5, 5.41) is 10.8. The highest BCUT2D eigenvalue weighted by Gasteiger charge is 2.51. The van der Waals surface area contributed by atoms with Gasteiger partial charge < -0.3 is 10.0 Å². The number of hydrogen-bond donors (Lipinski definition) is 1. The summed E-state index contributed by atoms with van der Waals surface area (Å²) in [6, 6.07) is -0.158. The van der Waals surface area contributed by atoms with Crippen LogP contribution in [0.4, 0.5) is 8.78 Å². The third-order valence-corrected chi connectivity index (χ3v) is 7.91. The van der Waals surface area contributed by atoms with Crippen LogP contribution in [0.3, 0.4) is 0 Å². The third-order valence-electron chi connectivity index (χ3n) is 7.18. The minimum Gasteiger partial charge on any atom is -0.384 e. The Kier molecular flexibility index (Phi) is 7.28. The first-order valence-corrected chi connectivity index (χ1v) is 11.4. The van der Waals surface area contributed by atoms with Gasteiger partial charge in [-0.15, -0.1) is 0 Å². The van der Waals surface area contributed by atoms with E-state index >= 15 is 0 Å². The Hall–Kier alpha value is -1.31. The van der Waals surface area contributed by atoms with Gasteiger partial charge in [0.15, 0.2) is 5.78 Å². The monoisotopic (exact) mass is 476 g/mol. The van der Waals surface area contributed by atoms with Crippen LogP contribution in [0.5, 0.6) is 0 Å². The topological polar surface area (TPSA) is 70.5 Å². The first kappa shape index (κ1) is 24.3. The third kappa shape index (κ3) is 4.60. The molecule has 1 aliphatic heterocycles. The Balaban J connectivity index is 1.79. The number of pyridine rings is 1. The number of likely N-dealkylation sites (tertiary alicyclic amines) is 1. The molecule has 2 fully saturated rings. The Morgan fingerprint density at radius 2 is 1.97 bits per heavy atom. The molecule has 2 aliphatic rings. The summed E-state index contributed by atoms with van der Waals surface area (Å²) in [6.07, 6.45) is 1.14. The van der Waals surface area contributed by atoms with E-state index in [0.717, 1.165) is 12.8 Å². The smallest absolute Gasteiger partial charge is 0.266 e. The van der Waals surface area contributed by atoms with Crippen molar-refractivity contribution in [3.05, 3.63) is 27.5 Å². The van der Waals surface area contributed by atoms with Crippen LogP contribution in [-0.4, -0.2) is 51.3 Å². The van der Waals surface area contributed by atoms with Crippen LogP contribution in [0.25, 0.3) is 0 Å². The normalized spacial score (nSPS) is 28.2. The van der Waals surface area contributed by atoms with Gasteiger partial charge >= 0.3 is 0 Å². The fourth-order valence-corrected chi connectivity index (χ4v) is 6.05. The number of piperidine rings is 1. The number of ketones is 1. The molecule has 0 aromatic carbocycles. The summed E-state index contributed by atoms with van der Waals surface area (Å²) in [4.78, 5) is 30.6. The molecule has 9 heteroatoms. The highest BCUT2D eigenvalue weighted by Crippen LogP contribution is 2.48. The lowest BCUT2D eigenvalue weighted by Crippen LogP contribution is -2.57. The SMILES string of the molecule is CC(=O)c1ncc(Cl)c(CC(=O)N2CC[C@@H]3[C@H](CCC[C@H]3C(C)(O)C(F)F)[C@@H]2C)c1Cl. The summed E-state index contributed by atoms with van der Waals surface area (Å²) in [5.41, 5.74) is -1.59. The van der Waals surface area contributed by atoms with E-state index in [4.69, 9.17) is 23.2 Å². The van der Waals surface area contributed by atoms with Gasteiger partial charge in [0.1, 0.15) is 11.3 Å². The van der Waals surface area contributed by atoms with Crippen molar-refractivity contribution < 1.29 is 23.5 Å². The molecule has 1 amide bonds. The van der Waals surface area contributed by atoms with Crippen LogP contribution >= 0.6 is 23.2 Å². The fraction of sp³-hybridized carbons (Fsp3) is 0.682. The number of aromatic nitrogens is 1. The summed E-state index contributed by atoms with van der Waals surface area (Å²) >= 11 is 12.5. The number of carbonyl (C=O) groups is 2. The van der Waals surface area contributed by atoms with Crippen LogP contribution < -0.4 is 0 Å². The van der Waals surface area contributed by atoms with Crippen LogP contribution in [0, 0.1) is 17.8 Å². The number of rotatable bonds is 5. The molecular formula is C22H28Cl2F2N2O3. The second kappa shape index (κ2) is 9.28. The van der Waals surface area contributed by atoms with E-state index < -0.39 is 17.9 Å². The molecule has 1 aliphatic carbocycles. The lowest BCUT2D eigenvalue weighted by molar-refractivity contribution is -0.164. The molecule has 1 aromatic rings. The number of Topliss-reactive ketones (excluding diaryl/α,β-unsaturated/α-hetero) is 1. The van der Waals surface area contributed by atoms with Gasteiger partial charge in [0.05, 0.1) is 16.5 Å². The van der Waals surface area contributed by atoms with Gasteiger partial charge in [-0.2, -0.15) is 0 Å². The van der Waals surface area contributed by atoms with Gasteiger partial charge in [0, 0.05) is 31.3 Å². The highest BCUT2D eigenvalue weighted by molar-refractivity contribution is 6.38. The molecule has 0 radical (unpaired) electrons. The van der Waals surface area contributed by atoms with E-state index in [1.165, 1.54) is 20.0 Å².